The number of hydrogen-bond donors (Lipinski definition) is 1. The van der Waals surface area contributed by atoms with Gasteiger partial charge in [0.05, 0.1) is 0 Å². The Bertz CT molecular complexity index is 458. The number of benzene rings is 1. The van der Waals surface area contributed by atoms with Crippen molar-refractivity contribution in [1.82, 2.24) is 10.2 Å². The van der Waals surface area contributed by atoms with Crippen LogP contribution in [0.25, 0.3) is 0 Å². The second-order valence-corrected chi connectivity index (χ2v) is 5.97. The first-order valence-corrected chi connectivity index (χ1v) is 8.07. The Morgan fingerprint density at radius 3 is 2.86 bits per heavy atom. The molecule has 0 saturated carbocycles. The van der Waals surface area contributed by atoms with Crippen LogP contribution in [0.2, 0.25) is 0 Å². The number of nitrogens with one attached hydrogen (secondary N) is 1. The Labute approximate surface area is 126 Å². The van der Waals surface area contributed by atoms with Gasteiger partial charge in [-0.15, -0.1) is 0 Å². The number of para-hydroxylation sites is 1. The molecule has 1 unspecified atom stereocenters. The normalized spacial score (nSPS) is 21.6. The molecule has 4 heteroatoms. The molecule has 0 radical (unpaired) electrons. The monoisotopic (exact) mass is 288 g/mol. The summed E-state index contributed by atoms with van der Waals surface area (Å²) in [6, 6.07) is 7.89. The van der Waals surface area contributed by atoms with E-state index in [0.29, 0.717) is 6.42 Å². The summed E-state index contributed by atoms with van der Waals surface area (Å²) < 4.78 is 5.69. The van der Waals surface area contributed by atoms with E-state index >= 15 is 0 Å². The van der Waals surface area contributed by atoms with Crippen LogP contribution in [0, 0.1) is 0 Å². The fraction of sp³-hybridized carbons (Fsp3) is 0.588. The summed E-state index contributed by atoms with van der Waals surface area (Å²) in [5.41, 5.74) is 1.13. The van der Waals surface area contributed by atoms with Crippen LogP contribution in [0.1, 0.15) is 31.2 Å². The van der Waals surface area contributed by atoms with Crippen LogP contribution < -0.4 is 10.1 Å². The molecular weight excluding hydrogens is 264 g/mol. The first kappa shape index (κ1) is 14.4. The van der Waals surface area contributed by atoms with E-state index in [0.717, 1.165) is 30.8 Å². The predicted octanol–water partition coefficient (Wildman–Crippen LogP) is 1.98. The molecule has 2 aliphatic heterocycles. The van der Waals surface area contributed by atoms with Crippen LogP contribution in [0.15, 0.2) is 24.3 Å². The molecule has 1 atom stereocenters. The zero-order valence-corrected chi connectivity index (χ0v) is 12.5. The molecule has 1 fully saturated rings. The summed E-state index contributed by atoms with van der Waals surface area (Å²) in [6.45, 7) is 4.27. The minimum atomic E-state index is -0.350. The number of fused-ring (bicyclic) bond motifs is 1. The van der Waals surface area contributed by atoms with E-state index in [9.17, 15) is 4.79 Å². The largest absolute Gasteiger partial charge is 0.480 e. The van der Waals surface area contributed by atoms with Gasteiger partial charge in [-0.25, -0.2) is 0 Å². The van der Waals surface area contributed by atoms with E-state index in [1.807, 2.05) is 24.3 Å². The molecule has 4 nitrogen and oxygen atoms in total. The van der Waals surface area contributed by atoms with Gasteiger partial charge < -0.3 is 15.0 Å². The Hall–Kier alpha value is -1.55. The number of amides is 1. The molecule has 3 rings (SSSR count). The lowest BCUT2D eigenvalue weighted by Crippen LogP contribution is -2.39. The summed E-state index contributed by atoms with van der Waals surface area (Å²) >= 11 is 0. The van der Waals surface area contributed by atoms with Gasteiger partial charge in [0.1, 0.15) is 5.75 Å². The van der Waals surface area contributed by atoms with E-state index in [2.05, 4.69) is 10.2 Å². The molecule has 114 valence electrons. The highest BCUT2D eigenvalue weighted by molar-refractivity contribution is 5.82. The Kier molecular flexibility index (Phi) is 4.76. The molecule has 1 saturated heterocycles. The van der Waals surface area contributed by atoms with Crippen LogP contribution in [0.3, 0.4) is 0 Å². The average molecular weight is 288 g/mol. The third-order valence-corrected chi connectivity index (χ3v) is 4.34. The predicted molar refractivity (Wildman–Crippen MR) is 82.5 cm³/mol. The molecule has 1 aromatic carbocycles. The zero-order valence-electron chi connectivity index (χ0n) is 12.5. The van der Waals surface area contributed by atoms with Gasteiger partial charge in [0, 0.05) is 13.0 Å². The lowest BCUT2D eigenvalue weighted by Gasteiger charge is -2.26. The SMILES string of the molecule is O=C(NCCCN1CCCCC1)C1Cc2ccccc2O1. The summed E-state index contributed by atoms with van der Waals surface area (Å²) in [7, 11) is 0. The second-order valence-electron chi connectivity index (χ2n) is 5.97. The van der Waals surface area contributed by atoms with Gasteiger partial charge >= 0.3 is 0 Å². The zero-order chi connectivity index (χ0) is 14.5. The maximum absolute atomic E-state index is 12.1. The van der Waals surface area contributed by atoms with Crippen molar-refractivity contribution in [2.24, 2.45) is 0 Å². The van der Waals surface area contributed by atoms with Crippen molar-refractivity contribution in [3.8, 4) is 5.75 Å². The number of likely N-dealkylation sites (tertiary alicyclic amines) is 1. The summed E-state index contributed by atoms with van der Waals surface area (Å²) in [5, 5.41) is 3.01. The fourth-order valence-electron chi connectivity index (χ4n) is 3.14. The molecule has 2 aliphatic rings. The average Bonchev–Trinajstić information content (AvgIpc) is 2.96. The molecule has 0 bridgehead atoms. The molecular formula is C17H24N2O2. The standard InChI is InChI=1S/C17H24N2O2/c20-17(16-13-14-7-2-3-8-15(14)21-16)18-9-6-12-19-10-4-1-5-11-19/h2-3,7-8,16H,1,4-6,9-13H2,(H,18,20). The number of carbonyl (C=O) groups is 1. The number of rotatable bonds is 5. The number of ether oxygens (including phenoxy) is 1. The van der Waals surface area contributed by atoms with Crippen LogP contribution in [0.4, 0.5) is 0 Å². The highest BCUT2D eigenvalue weighted by Crippen LogP contribution is 2.28. The first-order valence-electron chi connectivity index (χ1n) is 8.07. The fourth-order valence-corrected chi connectivity index (χ4v) is 3.14. The summed E-state index contributed by atoms with van der Waals surface area (Å²) in [6.07, 6.45) is 5.37. The van der Waals surface area contributed by atoms with Crippen molar-refractivity contribution in [2.75, 3.05) is 26.2 Å². The van der Waals surface area contributed by atoms with E-state index in [1.165, 1.54) is 32.4 Å². The molecule has 1 N–H and O–H groups in total. The molecule has 0 aromatic heterocycles. The third kappa shape index (κ3) is 3.76. The summed E-state index contributed by atoms with van der Waals surface area (Å²) in [5.74, 6) is 0.871. The molecule has 1 aromatic rings. The van der Waals surface area contributed by atoms with Crippen molar-refractivity contribution in [2.45, 2.75) is 38.2 Å². The van der Waals surface area contributed by atoms with E-state index < -0.39 is 0 Å². The van der Waals surface area contributed by atoms with Gasteiger partial charge in [-0.05, 0) is 50.5 Å². The molecule has 2 heterocycles. The first-order chi connectivity index (χ1) is 10.3. The van der Waals surface area contributed by atoms with Gasteiger partial charge in [-0.3, -0.25) is 4.79 Å². The van der Waals surface area contributed by atoms with Crippen LogP contribution in [-0.4, -0.2) is 43.1 Å². The second kappa shape index (κ2) is 6.94. The van der Waals surface area contributed by atoms with Crippen molar-refractivity contribution in [3.05, 3.63) is 29.8 Å². The number of hydrogen-bond acceptors (Lipinski definition) is 3. The van der Waals surface area contributed by atoms with E-state index in [4.69, 9.17) is 4.74 Å². The van der Waals surface area contributed by atoms with Gasteiger partial charge in [-0.1, -0.05) is 24.6 Å². The minimum absolute atomic E-state index is 0.0184. The van der Waals surface area contributed by atoms with Crippen LogP contribution in [0.5, 0.6) is 5.75 Å². The van der Waals surface area contributed by atoms with Crippen molar-refractivity contribution < 1.29 is 9.53 Å². The Morgan fingerprint density at radius 1 is 1.24 bits per heavy atom. The molecule has 0 spiro atoms. The minimum Gasteiger partial charge on any atom is -0.480 e. The molecule has 21 heavy (non-hydrogen) atoms. The number of piperidine rings is 1. The smallest absolute Gasteiger partial charge is 0.261 e. The molecule has 1 amide bonds. The summed E-state index contributed by atoms with van der Waals surface area (Å²) in [4.78, 5) is 14.6. The van der Waals surface area contributed by atoms with Crippen molar-refractivity contribution >= 4 is 5.91 Å². The number of nitrogens with zero attached hydrogens (tertiary/aromatic N) is 1. The Balaban J connectivity index is 1.36. The van der Waals surface area contributed by atoms with Gasteiger partial charge in [0.15, 0.2) is 6.10 Å². The van der Waals surface area contributed by atoms with Crippen molar-refractivity contribution in [3.63, 3.8) is 0 Å². The molecule has 0 aliphatic carbocycles. The topological polar surface area (TPSA) is 41.6 Å². The highest BCUT2D eigenvalue weighted by atomic mass is 16.5. The van der Waals surface area contributed by atoms with Crippen molar-refractivity contribution in [1.29, 1.82) is 0 Å². The van der Waals surface area contributed by atoms with E-state index in [1.54, 1.807) is 0 Å². The maximum Gasteiger partial charge on any atom is 0.261 e. The highest BCUT2D eigenvalue weighted by Gasteiger charge is 2.28. The third-order valence-electron chi connectivity index (χ3n) is 4.34. The van der Waals surface area contributed by atoms with Crippen LogP contribution >= 0.6 is 0 Å². The Morgan fingerprint density at radius 2 is 2.05 bits per heavy atom. The number of carbonyl (C=O) groups excluding carboxylic acids is 1. The van der Waals surface area contributed by atoms with E-state index in [-0.39, 0.29) is 12.0 Å². The van der Waals surface area contributed by atoms with Gasteiger partial charge in [0.2, 0.25) is 0 Å². The lowest BCUT2D eigenvalue weighted by atomic mass is 10.1. The van der Waals surface area contributed by atoms with Crippen LogP contribution in [-0.2, 0) is 11.2 Å². The lowest BCUT2D eigenvalue weighted by molar-refractivity contribution is -0.127. The maximum atomic E-state index is 12.1. The quantitative estimate of drug-likeness (QED) is 0.842. The van der Waals surface area contributed by atoms with Gasteiger partial charge in [0.25, 0.3) is 5.91 Å². The van der Waals surface area contributed by atoms with Gasteiger partial charge in [-0.2, -0.15) is 0 Å².